The molecule has 1 spiro atoms. The van der Waals surface area contributed by atoms with Gasteiger partial charge in [0.2, 0.25) is 5.91 Å². The summed E-state index contributed by atoms with van der Waals surface area (Å²) in [4.78, 5) is 41.6. The number of rotatable bonds is 4. The first-order valence-electron chi connectivity index (χ1n) is 11.7. The van der Waals surface area contributed by atoms with Gasteiger partial charge in [-0.25, -0.2) is 10.4 Å². The van der Waals surface area contributed by atoms with Crippen molar-refractivity contribution >= 4 is 17.5 Å². The van der Waals surface area contributed by atoms with E-state index in [0.29, 0.717) is 38.8 Å². The first kappa shape index (κ1) is 25.1. The standard InChI is InChI=1S/C27H37N3O3/c1-8-9-20-14-18(2)23(19(3)15-20)24-21(31)16-27(17-22(24)32)10-12-30(13-11-27)25(33)26(4,5)28-29(6)7/h14-15,24,28H,10-13,16-17H2,1-7H3. The van der Waals surface area contributed by atoms with E-state index in [4.69, 9.17) is 0 Å². The summed E-state index contributed by atoms with van der Waals surface area (Å²) in [6.45, 7) is 10.6. The Kier molecular flexibility index (Phi) is 7.16. The third kappa shape index (κ3) is 5.20. The van der Waals surface area contributed by atoms with Crippen LogP contribution in [0.3, 0.4) is 0 Å². The van der Waals surface area contributed by atoms with Crippen LogP contribution in [0.4, 0.5) is 0 Å². The van der Waals surface area contributed by atoms with Gasteiger partial charge in [0, 0.05) is 45.6 Å². The molecule has 0 unspecified atom stereocenters. The molecule has 178 valence electrons. The maximum absolute atomic E-state index is 13.3. The zero-order chi connectivity index (χ0) is 24.6. The second-order valence-electron chi connectivity index (χ2n) is 10.5. The van der Waals surface area contributed by atoms with Gasteiger partial charge in [-0.1, -0.05) is 5.92 Å². The molecule has 33 heavy (non-hydrogen) atoms. The first-order valence-corrected chi connectivity index (χ1v) is 11.7. The third-order valence-corrected chi connectivity index (χ3v) is 7.04. The summed E-state index contributed by atoms with van der Waals surface area (Å²) in [5.74, 6) is 5.36. The molecular formula is C27H37N3O3. The van der Waals surface area contributed by atoms with Crippen molar-refractivity contribution in [1.82, 2.24) is 15.3 Å². The Morgan fingerprint density at radius 2 is 1.61 bits per heavy atom. The molecule has 2 fully saturated rings. The van der Waals surface area contributed by atoms with Crippen LogP contribution in [0.5, 0.6) is 0 Å². The zero-order valence-corrected chi connectivity index (χ0v) is 21.1. The van der Waals surface area contributed by atoms with Crippen molar-refractivity contribution in [1.29, 1.82) is 0 Å². The molecule has 1 aliphatic carbocycles. The lowest BCUT2D eigenvalue weighted by Gasteiger charge is -2.46. The molecule has 0 atom stereocenters. The average Bonchev–Trinajstić information content (AvgIpc) is 2.69. The average molecular weight is 452 g/mol. The van der Waals surface area contributed by atoms with E-state index in [2.05, 4.69) is 17.3 Å². The van der Waals surface area contributed by atoms with Gasteiger partial charge in [-0.15, -0.1) is 5.92 Å². The lowest BCUT2D eigenvalue weighted by atomic mass is 9.62. The van der Waals surface area contributed by atoms with E-state index < -0.39 is 11.5 Å². The Morgan fingerprint density at radius 1 is 1.09 bits per heavy atom. The number of carbonyl (C=O) groups excluding carboxylic acids is 3. The Morgan fingerprint density at radius 3 is 2.06 bits per heavy atom. The van der Waals surface area contributed by atoms with E-state index in [0.717, 1.165) is 22.3 Å². The lowest BCUT2D eigenvalue weighted by Crippen LogP contribution is -2.60. The van der Waals surface area contributed by atoms with Gasteiger partial charge < -0.3 is 4.90 Å². The fourth-order valence-corrected chi connectivity index (χ4v) is 5.69. The summed E-state index contributed by atoms with van der Waals surface area (Å²) >= 11 is 0. The lowest BCUT2D eigenvalue weighted by molar-refractivity contribution is -0.144. The fraction of sp³-hybridized carbons (Fsp3) is 0.593. The fourth-order valence-electron chi connectivity index (χ4n) is 5.69. The van der Waals surface area contributed by atoms with Gasteiger partial charge in [0.1, 0.15) is 23.0 Å². The van der Waals surface area contributed by atoms with Gasteiger partial charge in [0.25, 0.3) is 0 Å². The molecule has 0 aromatic heterocycles. The van der Waals surface area contributed by atoms with Gasteiger partial charge in [-0.3, -0.25) is 14.4 Å². The molecule has 1 amide bonds. The van der Waals surface area contributed by atoms with Crippen LogP contribution < -0.4 is 5.43 Å². The Bertz CT molecular complexity index is 978. The minimum atomic E-state index is -0.708. The van der Waals surface area contributed by atoms with Crippen LogP contribution in [0.25, 0.3) is 0 Å². The molecule has 1 N–H and O–H groups in total. The van der Waals surface area contributed by atoms with Crippen molar-refractivity contribution in [2.75, 3.05) is 27.2 Å². The first-order chi connectivity index (χ1) is 15.4. The van der Waals surface area contributed by atoms with Crippen molar-refractivity contribution < 1.29 is 14.4 Å². The highest BCUT2D eigenvalue weighted by molar-refractivity contribution is 6.10. The maximum Gasteiger partial charge on any atom is 0.243 e. The van der Waals surface area contributed by atoms with Crippen LogP contribution in [0.1, 0.15) is 74.6 Å². The molecule has 2 aliphatic rings. The number of nitrogens with zero attached hydrogens (tertiary/aromatic N) is 2. The molecule has 1 heterocycles. The Labute approximate surface area is 198 Å². The molecule has 3 rings (SSSR count). The van der Waals surface area contributed by atoms with Gasteiger partial charge in [-0.05, 0) is 81.7 Å². The van der Waals surface area contributed by atoms with E-state index in [1.165, 1.54) is 0 Å². The van der Waals surface area contributed by atoms with Gasteiger partial charge in [0.15, 0.2) is 0 Å². The molecule has 1 aliphatic heterocycles. The smallest absolute Gasteiger partial charge is 0.243 e. The number of ketones is 2. The highest BCUT2D eigenvalue weighted by atomic mass is 16.2. The summed E-state index contributed by atoms with van der Waals surface area (Å²) < 4.78 is 0. The maximum atomic E-state index is 13.3. The molecule has 0 bridgehead atoms. The van der Waals surface area contributed by atoms with Crippen LogP contribution in [0.15, 0.2) is 12.1 Å². The van der Waals surface area contributed by atoms with Crippen molar-refractivity contribution in [2.24, 2.45) is 5.41 Å². The number of aryl methyl sites for hydroxylation is 2. The van der Waals surface area contributed by atoms with Crippen molar-refractivity contribution in [3.63, 3.8) is 0 Å². The van der Waals surface area contributed by atoms with Crippen LogP contribution >= 0.6 is 0 Å². The van der Waals surface area contributed by atoms with Crippen LogP contribution in [-0.4, -0.2) is 60.1 Å². The number of hydrazine groups is 1. The van der Waals surface area contributed by atoms with Gasteiger partial charge >= 0.3 is 0 Å². The summed E-state index contributed by atoms with van der Waals surface area (Å²) in [7, 11) is 3.73. The largest absolute Gasteiger partial charge is 0.341 e. The molecule has 0 radical (unpaired) electrons. The number of likely N-dealkylation sites (tertiary alicyclic amines) is 1. The summed E-state index contributed by atoms with van der Waals surface area (Å²) in [5, 5.41) is 1.79. The van der Waals surface area contributed by atoms with Gasteiger partial charge in [-0.2, -0.15) is 0 Å². The normalized spacial score (nSPS) is 19.1. The molecule has 1 aromatic rings. The van der Waals surface area contributed by atoms with E-state index in [1.807, 2.05) is 58.8 Å². The number of hydrogen-bond donors (Lipinski definition) is 1. The molecule has 1 saturated carbocycles. The van der Waals surface area contributed by atoms with Crippen molar-refractivity contribution in [3.05, 3.63) is 34.4 Å². The van der Waals surface area contributed by atoms with E-state index in [1.54, 1.807) is 11.9 Å². The van der Waals surface area contributed by atoms with E-state index in [9.17, 15) is 14.4 Å². The van der Waals surface area contributed by atoms with Crippen LogP contribution in [-0.2, 0) is 14.4 Å². The Hall–Kier alpha value is -2.49. The Balaban J connectivity index is 1.74. The predicted octanol–water partition coefficient (Wildman–Crippen LogP) is 3.14. The molecule has 1 saturated heterocycles. The van der Waals surface area contributed by atoms with E-state index >= 15 is 0 Å². The van der Waals surface area contributed by atoms with E-state index in [-0.39, 0.29) is 22.9 Å². The molecular weight excluding hydrogens is 414 g/mol. The predicted molar refractivity (Wildman–Crippen MR) is 130 cm³/mol. The number of Topliss-reactive ketones (excluding diaryl/α,β-unsaturated/α-hetero) is 2. The highest BCUT2D eigenvalue weighted by Gasteiger charge is 2.48. The number of hydrogen-bond acceptors (Lipinski definition) is 5. The minimum Gasteiger partial charge on any atom is -0.341 e. The number of amides is 1. The SMILES string of the molecule is CC#Cc1cc(C)c(C2C(=O)CC3(CCN(C(=O)C(C)(C)NN(C)C)CC3)CC2=O)c(C)c1. The topological polar surface area (TPSA) is 69.7 Å². The number of carbonyl (C=O) groups is 3. The van der Waals surface area contributed by atoms with Gasteiger partial charge in [0.05, 0.1) is 0 Å². The van der Waals surface area contributed by atoms with Crippen LogP contribution in [0.2, 0.25) is 0 Å². The number of piperidine rings is 1. The second kappa shape index (κ2) is 9.40. The van der Waals surface area contributed by atoms with Crippen LogP contribution in [0, 0.1) is 31.1 Å². The summed E-state index contributed by atoms with van der Waals surface area (Å²) in [6.07, 6.45) is 2.17. The summed E-state index contributed by atoms with van der Waals surface area (Å²) in [5.41, 5.74) is 5.80. The minimum absolute atomic E-state index is 0.0150. The quantitative estimate of drug-likeness (QED) is 0.433. The zero-order valence-electron chi connectivity index (χ0n) is 21.1. The monoisotopic (exact) mass is 451 g/mol. The molecule has 6 nitrogen and oxygen atoms in total. The van der Waals surface area contributed by atoms with Crippen molar-refractivity contribution in [2.45, 2.75) is 71.8 Å². The molecule has 1 aromatic carbocycles. The molecule has 6 heteroatoms. The number of benzene rings is 1. The van der Waals surface area contributed by atoms with Crippen molar-refractivity contribution in [3.8, 4) is 11.8 Å². The highest BCUT2D eigenvalue weighted by Crippen LogP contribution is 2.46. The number of nitrogens with one attached hydrogen (secondary N) is 1. The summed E-state index contributed by atoms with van der Waals surface area (Å²) in [6, 6.07) is 3.94. The third-order valence-electron chi connectivity index (χ3n) is 7.04. The second-order valence-corrected chi connectivity index (χ2v) is 10.5.